The molecule has 3 aromatic carbocycles. The lowest BCUT2D eigenvalue weighted by molar-refractivity contribution is -0.140. The molecule has 1 aliphatic heterocycles. The maximum Gasteiger partial charge on any atom is 0.244 e. The Hall–Kier alpha value is -4.05. The van der Waals surface area contributed by atoms with Crippen molar-refractivity contribution < 1.29 is 27.5 Å². The predicted molar refractivity (Wildman–Crippen MR) is 154 cm³/mol. The van der Waals surface area contributed by atoms with Gasteiger partial charge in [-0.2, -0.15) is 0 Å². The van der Waals surface area contributed by atoms with E-state index in [9.17, 15) is 18.0 Å². The quantitative estimate of drug-likeness (QED) is 0.359. The number of rotatable bonds is 12. The number of carbonyl (C=O) groups is 2. The third kappa shape index (κ3) is 7.12. The minimum Gasteiger partial charge on any atom is -0.454 e. The van der Waals surface area contributed by atoms with E-state index < -0.39 is 28.5 Å². The van der Waals surface area contributed by atoms with Crippen LogP contribution in [0.4, 0.5) is 5.69 Å². The number of hydrogen-bond donors (Lipinski definition) is 1. The first-order valence-electron chi connectivity index (χ1n) is 13.3. The fourth-order valence-electron chi connectivity index (χ4n) is 4.47. The molecule has 0 aliphatic carbocycles. The lowest BCUT2D eigenvalue weighted by Gasteiger charge is -2.34. The second-order valence-corrected chi connectivity index (χ2v) is 12.0. The summed E-state index contributed by atoms with van der Waals surface area (Å²) in [6, 6.07) is 22.5. The summed E-state index contributed by atoms with van der Waals surface area (Å²) in [4.78, 5) is 29.2. The van der Waals surface area contributed by atoms with Crippen LogP contribution in [0, 0.1) is 0 Å². The molecule has 9 nitrogen and oxygen atoms in total. The number of anilines is 1. The second-order valence-electron chi connectivity index (χ2n) is 9.82. The average molecular weight is 566 g/mol. The van der Waals surface area contributed by atoms with E-state index in [1.165, 1.54) is 11.8 Å². The van der Waals surface area contributed by atoms with E-state index in [4.69, 9.17) is 9.47 Å². The Bertz CT molecular complexity index is 1410. The highest BCUT2D eigenvalue weighted by Gasteiger charge is 2.34. The Morgan fingerprint density at radius 3 is 2.15 bits per heavy atom. The number of carbonyl (C=O) groups excluding carboxylic acids is 2. The molecular formula is C30H35N3O6S. The highest BCUT2D eigenvalue weighted by atomic mass is 32.2. The number of hydrogen-bond acceptors (Lipinski definition) is 6. The zero-order chi connectivity index (χ0) is 28.7. The summed E-state index contributed by atoms with van der Waals surface area (Å²) < 4.78 is 38.4. The Balaban J connectivity index is 1.73. The van der Waals surface area contributed by atoms with Crippen molar-refractivity contribution in [2.24, 2.45) is 0 Å². The first-order chi connectivity index (χ1) is 19.2. The number of amides is 2. The molecule has 10 heteroatoms. The van der Waals surface area contributed by atoms with Crippen LogP contribution in [-0.4, -0.2) is 56.3 Å². The van der Waals surface area contributed by atoms with Crippen molar-refractivity contribution in [3.8, 4) is 11.5 Å². The van der Waals surface area contributed by atoms with Crippen LogP contribution in [0.25, 0.3) is 0 Å². The van der Waals surface area contributed by atoms with Crippen molar-refractivity contribution in [2.75, 3.05) is 23.4 Å². The minimum atomic E-state index is -3.87. The Morgan fingerprint density at radius 2 is 1.52 bits per heavy atom. The number of nitrogens with one attached hydrogen (secondary N) is 1. The molecule has 0 unspecified atom stereocenters. The molecule has 0 bridgehead atoms. The van der Waals surface area contributed by atoms with Crippen molar-refractivity contribution in [3.63, 3.8) is 0 Å². The van der Waals surface area contributed by atoms with Gasteiger partial charge < -0.3 is 19.7 Å². The SMILES string of the molecule is CCS(=O)(=O)N(CC(=O)N(Cc1ccccc1)[C@H](Cc1ccccc1)C(=O)NC(C)C)c1ccc2c(c1)OCO2. The molecule has 1 N–H and O–H groups in total. The van der Waals surface area contributed by atoms with Gasteiger partial charge in [0.15, 0.2) is 11.5 Å². The van der Waals surface area contributed by atoms with Crippen LogP contribution in [0.3, 0.4) is 0 Å². The first kappa shape index (κ1) is 28.9. The van der Waals surface area contributed by atoms with Crippen LogP contribution in [0.5, 0.6) is 11.5 Å². The van der Waals surface area contributed by atoms with E-state index in [0.717, 1.165) is 15.4 Å². The average Bonchev–Trinajstić information content (AvgIpc) is 3.42. The molecular weight excluding hydrogens is 530 g/mol. The molecule has 0 aromatic heterocycles. The molecule has 0 fully saturated rings. The van der Waals surface area contributed by atoms with E-state index in [1.807, 2.05) is 74.5 Å². The first-order valence-corrected chi connectivity index (χ1v) is 14.9. The van der Waals surface area contributed by atoms with Gasteiger partial charge in [-0.05, 0) is 44.0 Å². The lowest BCUT2D eigenvalue weighted by Crippen LogP contribution is -2.54. The number of nitrogens with zero attached hydrogens (tertiary/aromatic N) is 2. The summed E-state index contributed by atoms with van der Waals surface area (Å²) in [7, 11) is -3.87. The third-order valence-corrected chi connectivity index (χ3v) is 8.26. The summed E-state index contributed by atoms with van der Waals surface area (Å²) in [5, 5.41) is 2.94. The van der Waals surface area contributed by atoms with Gasteiger partial charge in [0.1, 0.15) is 12.6 Å². The van der Waals surface area contributed by atoms with Gasteiger partial charge in [-0.1, -0.05) is 60.7 Å². The Morgan fingerprint density at radius 1 is 0.900 bits per heavy atom. The van der Waals surface area contributed by atoms with E-state index in [2.05, 4.69) is 5.32 Å². The molecule has 1 atom stereocenters. The molecule has 212 valence electrons. The molecule has 0 radical (unpaired) electrons. The van der Waals surface area contributed by atoms with Crippen LogP contribution in [0.15, 0.2) is 78.9 Å². The summed E-state index contributed by atoms with van der Waals surface area (Å²) >= 11 is 0. The van der Waals surface area contributed by atoms with Gasteiger partial charge in [-0.25, -0.2) is 8.42 Å². The van der Waals surface area contributed by atoms with Crippen molar-refractivity contribution in [1.82, 2.24) is 10.2 Å². The number of ether oxygens (including phenoxy) is 2. The molecule has 0 saturated heterocycles. The van der Waals surface area contributed by atoms with Crippen LogP contribution >= 0.6 is 0 Å². The zero-order valence-electron chi connectivity index (χ0n) is 22.9. The van der Waals surface area contributed by atoms with E-state index in [1.54, 1.807) is 18.2 Å². The second kappa shape index (κ2) is 12.9. The Labute approximate surface area is 235 Å². The Kier molecular flexibility index (Phi) is 9.31. The zero-order valence-corrected chi connectivity index (χ0v) is 23.8. The molecule has 0 saturated carbocycles. The van der Waals surface area contributed by atoms with Gasteiger partial charge in [0.05, 0.1) is 11.4 Å². The van der Waals surface area contributed by atoms with Crippen LogP contribution in [0.1, 0.15) is 31.9 Å². The molecule has 0 spiro atoms. The molecule has 4 rings (SSSR count). The lowest BCUT2D eigenvalue weighted by atomic mass is 10.0. The molecule has 1 aliphatic rings. The van der Waals surface area contributed by atoms with Gasteiger partial charge in [0.2, 0.25) is 28.6 Å². The summed E-state index contributed by atoms with van der Waals surface area (Å²) in [6.45, 7) is 4.92. The van der Waals surface area contributed by atoms with Crippen LogP contribution in [-0.2, 0) is 32.6 Å². The van der Waals surface area contributed by atoms with E-state index in [0.29, 0.717) is 11.5 Å². The van der Waals surface area contributed by atoms with Gasteiger partial charge in [-0.15, -0.1) is 0 Å². The minimum absolute atomic E-state index is 0.0369. The highest BCUT2D eigenvalue weighted by Crippen LogP contribution is 2.36. The van der Waals surface area contributed by atoms with Crippen molar-refractivity contribution in [3.05, 3.63) is 90.0 Å². The summed E-state index contributed by atoms with van der Waals surface area (Å²) in [5.41, 5.74) is 1.98. The highest BCUT2D eigenvalue weighted by molar-refractivity contribution is 7.92. The topological polar surface area (TPSA) is 105 Å². The monoisotopic (exact) mass is 565 g/mol. The fraction of sp³-hybridized carbons (Fsp3) is 0.333. The molecule has 3 aromatic rings. The summed E-state index contributed by atoms with van der Waals surface area (Å²) in [6.07, 6.45) is 0.266. The standard InChI is InChI=1S/C30H35N3O6S/c1-4-40(36,37)33(25-15-16-27-28(18-25)39-21-38-27)20-29(34)32(19-24-13-9-6-10-14-24)26(30(35)31-22(2)3)17-23-11-7-5-8-12-23/h5-16,18,22,26H,4,17,19-21H2,1-3H3,(H,31,35)/t26-/m1/s1. The number of fused-ring (bicyclic) bond motifs is 1. The third-order valence-electron chi connectivity index (χ3n) is 6.52. The largest absolute Gasteiger partial charge is 0.454 e. The summed E-state index contributed by atoms with van der Waals surface area (Å²) in [5.74, 6) is -0.118. The fourth-order valence-corrected chi connectivity index (χ4v) is 5.53. The normalized spacial score (nSPS) is 13.1. The van der Waals surface area contributed by atoms with Crippen LogP contribution < -0.4 is 19.1 Å². The number of sulfonamides is 1. The molecule has 2 amide bonds. The van der Waals surface area contributed by atoms with Crippen molar-refractivity contribution >= 4 is 27.5 Å². The van der Waals surface area contributed by atoms with Gasteiger partial charge in [0.25, 0.3) is 0 Å². The maximum absolute atomic E-state index is 14.1. The molecule has 1 heterocycles. The smallest absolute Gasteiger partial charge is 0.244 e. The van der Waals surface area contributed by atoms with Crippen molar-refractivity contribution in [2.45, 2.75) is 45.8 Å². The molecule has 40 heavy (non-hydrogen) atoms. The van der Waals surface area contributed by atoms with Crippen molar-refractivity contribution in [1.29, 1.82) is 0 Å². The predicted octanol–water partition coefficient (Wildman–Crippen LogP) is 3.74. The van der Waals surface area contributed by atoms with Crippen LogP contribution in [0.2, 0.25) is 0 Å². The van der Waals surface area contributed by atoms with Gasteiger partial charge in [0, 0.05) is 25.1 Å². The van der Waals surface area contributed by atoms with E-state index >= 15 is 0 Å². The maximum atomic E-state index is 14.1. The van der Waals surface area contributed by atoms with Gasteiger partial charge in [-0.3, -0.25) is 13.9 Å². The van der Waals surface area contributed by atoms with E-state index in [-0.39, 0.29) is 43.1 Å². The number of benzene rings is 3. The van der Waals surface area contributed by atoms with Gasteiger partial charge >= 0.3 is 0 Å².